The molecule has 0 rings (SSSR count). The van der Waals surface area contributed by atoms with Crippen LogP contribution in [0, 0.1) is 0 Å². The van der Waals surface area contributed by atoms with Crippen molar-refractivity contribution < 1.29 is 280 Å². The Labute approximate surface area is 680 Å². The van der Waals surface area contributed by atoms with Crippen molar-refractivity contribution in [1.82, 2.24) is 0 Å². The zero-order valence-electron chi connectivity index (χ0n) is 42.0. The van der Waals surface area contributed by atoms with Crippen LogP contribution in [0.3, 0.4) is 0 Å². The van der Waals surface area contributed by atoms with Crippen LogP contribution in [0.4, 0.5) is 0 Å². The topological polar surface area (TPSA) is 1190 Å². The van der Waals surface area contributed by atoms with Crippen molar-refractivity contribution in [3.63, 3.8) is 0 Å². The first kappa shape index (κ1) is 200. The third-order valence-corrected chi connectivity index (χ3v) is 0. The average molecular weight is 1950 g/mol. The van der Waals surface area contributed by atoms with Gasteiger partial charge in [0.2, 0.25) is 0 Å². The molecular weight excluding hydrogens is 1910 g/mol. The number of hydrogen-bond acceptors (Lipinski definition) is 32. The van der Waals surface area contributed by atoms with Crippen LogP contribution in [-0.4, -0.2) is 523 Å². The molecule has 0 aromatic carbocycles. The Morgan fingerprint density at radius 2 is 0.0745 bits per heavy atom. The van der Waals surface area contributed by atoms with Gasteiger partial charge in [0.15, 0.2) is 0 Å². The first-order valence-corrected chi connectivity index (χ1v) is 33.5. The number of hydrogen-bond donors (Lipinski definition) is 32. The van der Waals surface area contributed by atoms with Gasteiger partial charge in [-0.15, -0.1) is 0 Å². The normalized spacial score (nSPS) is 9.87. The maximum Gasteiger partial charge on any atom is 3.00 e. The van der Waals surface area contributed by atoms with Gasteiger partial charge in [-0.25, -0.2) is 0 Å². The molecule has 32 N–H and O–H groups in total. The standard InChI is InChI=1S/14Al.16H2O4S/c;;;;;;;;;;;;;;16*1-5(2,3)4/h;;;;;;;;;;;;;;16*(H2,1,2,3,4)/q14*+3;;;;;;;;;;;;;;;;. The van der Waals surface area contributed by atoms with E-state index in [1.165, 1.54) is 0 Å². The van der Waals surface area contributed by atoms with Gasteiger partial charge in [-0.05, 0) is 0 Å². The van der Waals surface area contributed by atoms with Gasteiger partial charge in [-0.3, -0.25) is 146 Å². The van der Waals surface area contributed by atoms with Crippen LogP contribution >= 0.6 is 0 Å². The van der Waals surface area contributed by atoms with Gasteiger partial charge in [0, 0.05) is 0 Å². The molecule has 0 spiro atoms. The molecule has 0 saturated heterocycles. The van der Waals surface area contributed by atoms with Gasteiger partial charge in [0.1, 0.15) is 0 Å². The summed E-state index contributed by atoms with van der Waals surface area (Å²) >= 11 is 0. The predicted molar refractivity (Wildman–Crippen MR) is 307 cm³/mol. The van der Waals surface area contributed by atoms with E-state index in [2.05, 4.69) is 0 Å². The monoisotopic (exact) mass is 1950 g/mol. The summed E-state index contributed by atoms with van der Waals surface area (Å²) in [6.45, 7) is 0. The van der Waals surface area contributed by atoms with Crippen LogP contribution < -0.4 is 0 Å². The quantitative estimate of drug-likeness (QED) is 0.0791. The van der Waals surface area contributed by atoms with E-state index >= 15 is 0 Å². The molecule has 0 atom stereocenters. The van der Waals surface area contributed by atoms with Gasteiger partial charge >= 0.3 is 409 Å². The van der Waals surface area contributed by atoms with E-state index in [0.717, 1.165) is 0 Å². The van der Waals surface area contributed by atoms with E-state index in [1.807, 2.05) is 0 Å². The first-order valence-electron chi connectivity index (χ1n) is 11.2. The molecule has 0 heterocycles. The van der Waals surface area contributed by atoms with Crippen LogP contribution in [-0.2, 0) is 166 Å². The molecule has 0 aliphatic heterocycles. The summed E-state index contributed by atoms with van der Waals surface area (Å²) in [4.78, 5) is 0. The van der Waals surface area contributed by atoms with E-state index < -0.39 is 166 Å². The molecular formula is H32Al14O64S16+42. The zero-order valence-corrected chi connectivity index (χ0v) is 71.2. The van der Waals surface area contributed by atoms with E-state index in [1.54, 1.807) is 0 Å². The summed E-state index contributed by atoms with van der Waals surface area (Å²) in [5, 5.41) is 0. The van der Waals surface area contributed by atoms with Gasteiger partial charge in [-0.2, -0.15) is 135 Å². The Balaban J connectivity index is -0.0000000164. The van der Waals surface area contributed by atoms with Crippen LogP contribution in [0.25, 0.3) is 0 Å². The van der Waals surface area contributed by atoms with E-state index in [9.17, 15) is 0 Å². The molecule has 0 fully saturated rings. The fraction of sp³-hybridized carbons (Fsp3) is 0. The molecule has 0 radical (unpaired) electrons. The number of rotatable bonds is 0. The van der Waals surface area contributed by atoms with Crippen LogP contribution in [0.2, 0.25) is 0 Å². The molecule has 94 heavy (non-hydrogen) atoms. The van der Waals surface area contributed by atoms with Crippen molar-refractivity contribution in [3.8, 4) is 0 Å². The molecule has 0 bridgehead atoms. The predicted octanol–water partition coefficient (Wildman–Crippen LogP) is -15.8. The van der Waals surface area contributed by atoms with Gasteiger partial charge in [-0.1, -0.05) is 0 Å². The Morgan fingerprint density at radius 1 is 0.0745 bits per heavy atom. The molecule has 0 aliphatic rings. The van der Waals surface area contributed by atoms with Gasteiger partial charge in [0.05, 0.1) is 0 Å². The second kappa shape index (κ2) is 90.8. The van der Waals surface area contributed by atoms with E-state index in [-0.39, 0.29) is 243 Å². The summed E-state index contributed by atoms with van der Waals surface area (Å²) in [6.07, 6.45) is 0. The molecule has 0 aromatic heterocycles. The van der Waals surface area contributed by atoms with Gasteiger partial charge in [0.25, 0.3) is 0 Å². The summed E-state index contributed by atoms with van der Waals surface area (Å²) in [5.74, 6) is 0. The van der Waals surface area contributed by atoms with Crippen molar-refractivity contribution in [1.29, 1.82) is 0 Å². The van der Waals surface area contributed by atoms with Crippen molar-refractivity contribution in [2.75, 3.05) is 0 Å². The van der Waals surface area contributed by atoms with E-state index in [4.69, 9.17) is 280 Å². The maximum atomic E-state index is 8.74. The molecule has 0 unspecified atom stereocenters. The van der Waals surface area contributed by atoms with Crippen LogP contribution in [0.5, 0.6) is 0 Å². The summed E-state index contributed by atoms with van der Waals surface area (Å²) in [5.41, 5.74) is 0. The van der Waals surface area contributed by atoms with Crippen molar-refractivity contribution in [2.45, 2.75) is 0 Å². The molecule has 0 aromatic rings. The Morgan fingerprint density at radius 3 is 0.0745 bits per heavy atom. The minimum Gasteiger partial charge on any atom is -0.264 e. The third-order valence-electron chi connectivity index (χ3n) is 0. The molecule has 0 aliphatic carbocycles. The fourth-order valence-corrected chi connectivity index (χ4v) is 0. The molecule has 64 nitrogen and oxygen atoms in total. The SMILES string of the molecule is O=S(=O)(O)O.O=S(=O)(O)O.O=S(=O)(O)O.O=S(=O)(O)O.O=S(=O)(O)O.O=S(=O)(O)O.O=S(=O)(O)O.O=S(=O)(O)O.O=S(=O)(O)O.O=S(=O)(O)O.O=S(=O)(O)O.O=S(=O)(O)O.O=S(=O)(O)O.O=S(=O)(O)O.O=S(=O)(O)O.O=S(=O)(O)O.[Al+3].[Al+3].[Al+3].[Al+3].[Al+3].[Al+3].[Al+3].[Al+3].[Al+3].[Al+3].[Al+3].[Al+3].[Al+3].[Al+3]. The average Bonchev–Trinajstić information content (AvgIpc) is 2.70. The third kappa shape index (κ3) is 31300. The molecule has 0 amide bonds. The largest absolute Gasteiger partial charge is 3.00 e. The molecule has 94 heteroatoms. The molecule has 512 valence electrons. The second-order valence-electron chi connectivity index (χ2n) is 7.17. The second-order valence-corrected chi connectivity index (χ2v) is 21.5. The van der Waals surface area contributed by atoms with Crippen molar-refractivity contribution in [2.24, 2.45) is 0 Å². The Hall–Kier alpha value is 5.37. The Bertz CT molecular complexity index is 2410. The van der Waals surface area contributed by atoms with Crippen LogP contribution in [0.1, 0.15) is 0 Å². The first-order chi connectivity index (χ1) is 32.0. The zero-order chi connectivity index (χ0) is 72.0. The summed E-state index contributed by atoms with van der Waals surface area (Å²) in [6, 6.07) is 0. The Kier molecular flexibility index (Phi) is 193. The molecule has 0 saturated carbocycles. The van der Waals surface area contributed by atoms with Crippen LogP contribution in [0.15, 0.2) is 0 Å². The van der Waals surface area contributed by atoms with E-state index in [0.29, 0.717) is 0 Å². The summed E-state index contributed by atoms with van der Waals surface area (Å²) < 4.78 is 505. The minimum atomic E-state index is -4.67. The maximum absolute atomic E-state index is 8.74. The van der Waals surface area contributed by atoms with Gasteiger partial charge < -0.3 is 0 Å². The summed E-state index contributed by atoms with van der Waals surface area (Å²) in [7, 11) is -74.7. The fourth-order valence-electron chi connectivity index (χ4n) is 0. The van der Waals surface area contributed by atoms with Crippen molar-refractivity contribution in [3.05, 3.63) is 0 Å². The minimum absolute atomic E-state index is 0. The smallest absolute Gasteiger partial charge is 0.264 e. The van der Waals surface area contributed by atoms with Crippen molar-refractivity contribution >= 4 is 409 Å².